The second-order valence-corrected chi connectivity index (χ2v) is 7.00. The van der Waals surface area contributed by atoms with Crippen LogP contribution >= 0.6 is 11.6 Å². The number of benzene rings is 3. The third kappa shape index (κ3) is 4.59. The Morgan fingerprint density at radius 2 is 1.77 bits per heavy atom. The maximum Gasteiger partial charge on any atom is 0.339 e. The monoisotopic (exact) mass is 437 g/mol. The van der Waals surface area contributed by atoms with Crippen LogP contribution in [-0.2, 0) is 6.61 Å². The van der Waals surface area contributed by atoms with E-state index in [0.29, 0.717) is 27.8 Å². The minimum Gasteiger partial charge on any atom is -0.493 e. The summed E-state index contributed by atoms with van der Waals surface area (Å²) in [5.41, 5.74) is 1.22. The molecule has 0 aliphatic rings. The molecule has 0 spiro atoms. The molecule has 0 fully saturated rings. The topological polar surface area (TPSA) is 61.6 Å². The van der Waals surface area contributed by atoms with E-state index >= 15 is 0 Å². The number of rotatable bonds is 6. The van der Waals surface area contributed by atoms with Crippen LogP contribution in [0.4, 0.5) is 4.39 Å². The van der Waals surface area contributed by atoms with E-state index in [1.54, 1.807) is 36.4 Å². The molecule has 0 aliphatic heterocycles. The highest BCUT2D eigenvalue weighted by Gasteiger charge is 2.14. The largest absolute Gasteiger partial charge is 0.493 e. The Kier molecular flexibility index (Phi) is 6.00. The van der Waals surface area contributed by atoms with E-state index in [1.807, 2.05) is 18.2 Å². The number of hydrogen-bond donors (Lipinski definition) is 0. The Morgan fingerprint density at radius 3 is 2.55 bits per heavy atom. The predicted octanol–water partition coefficient (Wildman–Crippen LogP) is 5.75. The average molecular weight is 438 g/mol. The first-order valence-corrected chi connectivity index (χ1v) is 9.74. The van der Waals surface area contributed by atoms with Crippen LogP contribution in [0.3, 0.4) is 0 Å². The van der Waals surface area contributed by atoms with Gasteiger partial charge in [-0.2, -0.15) is 0 Å². The van der Waals surface area contributed by atoms with Crippen LogP contribution in [0.15, 0.2) is 82.0 Å². The number of methoxy groups -OCH3 is 1. The number of aromatic nitrogens is 1. The van der Waals surface area contributed by atoms with E-state index < -0.39 is 11.4 Å². The maximum absolute atomic E-state index is 14.1. The molecule has 156 valence electrons. The first-order chi connectivity index (χ1) is 15.0. The Balaban J connectivity index is 1.66. The van der Waals surface area contributed by atoms with Gasteiger partial charge in [0.2, 0.25) is 5.89 Å². The fraction of sp³-hybridized carbons (Fsp3) is 0.0833. The van der Waals surface area contributed by atoms with E-state index in [0.717, 1.165) is 5.56 Å². The van der Waals surface area contributed by atoms with Crippen molar-refractivity contribution in [3.63, 3.8) is 0 Å². The summed E-state index contributed by atoms with van der Waals surface area (Å²) in [4.78, 5) is 16.4. The summed E-state index contributed by atoms with van der Waals surface area (Å²) in [5.74, 6) is 0.324. The molecule has 0 unspecified atom stereocenters. The third-order valence-electron chi connectivity index (χ3n) is 4.58. The molecule has 1 heterocycles. The molecule has 0 saturated carbocycles. The molecule has 0 atom stereocenters. The van der Waals surface area contributed by atoms with Crippen molar-refractivity contribution < 1.29 is 18.3 Å². The fourth-order valence-corrected chi connectivity index (χ4v) is 3.21. The summed E-state index contributed by atoms with van der Waals surface area (Å²) in [7, 11) is 1.51. The van der Waals surface area contributed by atoms with E-state index in [4.69, 9.17) is 25.5 Å². The zero-order chi connectivity index (χ0) is 21.8. The molecule has 0 aliphatic carbocycles. The van der Waals surface area contributed by atoms with Crippen molar-refractivity contribution in [2.24, 2.45) is 0 Å². The van der Waals surface area contributed by atoms with Crippen LogP contribution in [0.1, 0.15) is 5.56 Å². The van der Waals surface area contributed by atoms with Crippen molar-refractivity contribution >= 4 is 11.6 Å². The van der Waals surface area contributed by atoms with Crippen molar-refractivity contribution in [2.75, 3.05) is 7.11 Å². The lowest BCUT2D eigenvalue weighted by Crippen LogP contribution is -2.03. The molecule has 0 N–H and O–H groups in total. The standard InChI is InChI=1S/C24H17ClFNO4/c1-29-22-12-15(10-11-21(22)30-14-16-6-2-4-8-18(16)25)20-13-23(28)31-24(27-20)17-7-3-5-9-19(17)26/h2-13H,14H2,1H3. The summed E-state index contributed by atoms with van der Waals surface area (Å²) in [5, 5.41) is 0.610. The summed E-state index contributed by atoms with van der Waals surface area (Å²) in [6.07, 6.45) is 0. The fourth-order valence-electron chi connectivity index (χ4n) is 3.02. The van der Waals surface area contributed by atoms with E-state index in [-0.39, 0.29) is 18.1 Å². The molecule has 4 rings (SSSR count). The van der Waals surface area contributed by atoms with Crippen LogP contribution in [-0.4, -0.2) is 12.1 Å². The van der Waals surface area contributed by atoms with Crippen molar-refractivity contribution in [3.05, 3.63) is 99.6 Å². The van der Waals surface area contributed by atoms with E-state index in [9.17, 15) is 9.18 Å². The first-order valence-electron chi connectivity index (χ1n) is 9.37. The van der Waals surface area contributed by atoms with Gasteiger partial charge in [-0.1, -0.05) is 41.9 Å². The van der Waals surface area contributed by atoms with Crippen LogP contribution in [0.25, 0.3) is 22.7 Å². The molecule has 3 aromatic carbocycles. The first kappa shape index (κ1) is 20.6. The molecule has 0 saturated heterocycles. The van der Waals surface area contributed by atoms with Gasteiger partial charge in [0.15, 0.2) is 11.5 Å². The molecule has 31 heavy (non-hydrogen) atoms. The van der Waals surface area contributed by atoms with Gasteiger partial charge >= 0.3 is 5.63 Å². The van der Waals surface area contributed by atoms with Crippen molar-refractivity contribution in [1.29, 1.82) is 0 Å². The molecule has 0 bridgehead atoms. The molecule has 7 heteroatoms. The smallest absolute Gasteiger partial charge is 0.339 e. The zero-order valence-corrected chi connectivity index (χ0v) is 17.2. The van der Waals surface area contributed by atoms with Gasteiger partial charge in [-0.25, -0.2) is 14.2 Å². The highest BCUT2D eigenvalue weighted by molar-refractivity contribution is 6.31. The summed E-state index contributed by atoms with van der Waals surface area (Å²) in [6.45, 7) is 0.264. The van der Waals surface area contributed by atoms with Crippen LogP contribution in [0.2, 0.25) is 5.02 Å². The van der Waals surface area contributed by atoms with Gasteiger partial charge in [-0.05, 0) is 36.4 Å². The molecule has 1 aromatic heterocycles. The van der Waals surface area contributed by atoms with Crippen LogP contribution < -0.4 is 15.1 Å². The quantitative estimate of drug-likeness (QED) is 0.384. The van der Waals surface area contributed by atoms with Gasteiger partial charge in [0, 0.05) is 16.1 Å². The van der Waals surface area contributed by atoms with Gasteiger partial charge in [0.25, 0.3) is 0 Å². The van der Waals surface area contributed by atoms with Gasteiger partial charge in [0.1, 0.15) is 12.4 Å². The predicted molar refractivity (Wildman–Crippen MR) is 116 cm³/mol. The number of nitrogens with zero attached hydrogens (tertiary/aromatic N) is 1. The van der Waals surface area contributed by atoms with Gasteiger partial charge < -0.3 is 13.9 Å². The molecule has 5 nitrogen and oxygen atoms in total. The summed E-state index contributed by atoms with van der Waals surface area (Å²) in [6, 6.07) is 19.7. The average Bonchev–Trinajstić information content (AvgIpc) is 2.78. The SMILES string of the molecule is COc1cc(-c2cc(=O)oc(-c3ccccc3F)n2)ccc1OCc1ccccc1Cl. The molecular weight excluding hydrogens is 421 g/mol. The minimum atomic E-state index is -0.638. The van der Waals surface area contributed by atoms with E-state index in [1.165, 1.54) is 25.3 Å². The lowest BCUT2D eigenvalue weighted by atomic mass is 10.1. The van der Waals surface area contributed by atoms with Crippen molar-refractivity contribution in [1.82, 2.24) is 4.98 Å². The van der Waals surface area contributed by atoms with E-state index in [2.05, 4.69) is 4.98 Å². The highest BCUT2D eigenvalue weighted by atomic mass is 35.5. The molecular formula is C24H17ClFNO4. The minimum absolute atomic E-state index is 0.0985. The Morgan fingerprint density at radius 1 is 1.00 bits per heavy atom. The lowest BCUT2D eigenvalue weighted by molar-refractivity contribution is 0.284. The van der Waals surface area contributed by atoms with Crippen LogP contribution in [0.5, 0.6) is 11.5 Å². The Labute approximate surface area is 182 Å². The summed E-state index contributed by atoms with van der Waals surface area (Å²) >= 11 is 6.18. The second-order valence-electron chi connectivity index (χ2n) is 6.59. The van der Waals surface area contributed by atoms with Gasteiger partial charge in [-0.15, -0.1) is 0 Å². The number of ether oxygens (including phenoxy) is 2. The lowest BCUT2D eigenvalue weighted by Gasteiger charge is -2.13. The molecule has 0 amide bonds. The number of hydrogen-bond acceptors (Lipinski definition) is 5. The Bertz CT molecular complexity index is 1290. The van der Waals surface area contributed by atoms with Gasteiger partial charge in [-0.3, -0.25) is 0 Å². The molecule has 0 radical (unpaired) electrons. The second kappa shape index (κ2) is 9.02. The normalized spacial score (nSPS) is 10.7. The third-order valence-corrected chi connectivity index (χ3v) is 4.95. The molecule has 4 aromatic rings. The van der Waals surface area contributed by atoms with Crippen molar-refractivity contribution in [3.8, 4) is 34.2 Å². The Hall–Kier alpha value is -3.64. The van der Waals surface area contributed by atoms with Crippen molar-refractivity contribution in [2.45, 2.75) is 6.61 Å². The zero-order valence-electron chi connectivity index (χ0n) is 16.5. The highest BCUT2D eigenvalue weighted by Crippen LogP contribution is 2.33. The number of halogens is 2. The maximum atomic E-state index is 14.1. The van der Waals surface area contributed by atoms with Gasteiger partial charge in [0.05, 0.1) is 24.4 Å². The van der Waals surface area contributed by atoms with Crippen LogP contribution in [0, 0.1) is 5.82 Å². The summed E-state index contributed by atoms with van der Waals surface area (Å²) < 4.78 is 30.5.